The van der Waals surface area contributed by atoms with Crippen LogP contribution in [0.25, 0.3) is 10.9 Å². The number of ether oxygens (including phenoxy) is 1. The molecule has 1 aromatic heterocycles. The molecule has 148 valence electrons. The van der Waals surface area contributed by atoms with Crippen LogP contribution in [0.2, 0.25) is 0 Å². The number of piperidine rings is 1. The number of fused-ring (bicyclic) bond motifs is 1. The predicted octanol–water partition coefficient (Wildman–Crippen LogP) is 2.40. The lowest BCUT2D eigenvalue weighted by molar-refractivity contribution is -0.0370. The van der Waals surface area contributed by atoms with Crippen LogP contribution in [0.15, 0.2) is 30.5 Å². The summed E-state index contributed by atoms with van der Waals surface area (Å²) in [4.78, 5) is 9.29. The fraction of sp³-hybridized carbons (Fsp3) is 0.545. The van der Waals surface area contributed by atoms with Crippen LogP contribution in [0.4, 0.5) is 5.69 Å². The number of likely N-dealkylation sites (tertiary alicyclic amines) is 1. The molecule has 0 unspecified atom stereocenters. The molecule has 1 N–H and O–H groups in total. The van der Waals surface area contributed by atoms with Crippen LogP contribution in [-0.4, -0.2) is 66.5 Å². The Morgan fingerprint density at radius 1 is 1.25 bits per heavy atom. The topological polar surface area (TPSA) is 72.6 Å². The number of benzene rings is 1. The molecule has 0 radical (unpaired) electrons. The van der Waals surface area contributed by atoms with Gasteiger partial charge in [-0.15, -0.1) is 0 Å². The van der Waals surface area contributed by atoms with Crippen molar-refractivity contribution in [1.29, 1.82) is 5.26 Å². The van der Waals surface area contributed by atoms with Crippen molar-refractivity contribution in [3.8, 4) is 6.07 Å². The second-order valence-corrected chi connectivity index (χ2v) is 8.04. The lowest BCUT2D eigenvalue weighted by Crippen LogP contribution is -2.52. The summed E-state index contributed by atoms with van der Waals surface area (Å²) < 4.78 is 6.25. The average Bonchev–Trinajstić information content (AvgIpc) is 2.73. The van der Waals surface area contributed by atoms with E-state index < -0.39 is 0 Å². The molecule has 0 spiro atoms. The Balaban J connectivity index is 1.51. The molecule has 2 saturated heterocycles. The van der Waals surface area contributed by atoms with E-state index in [1.54, 1.807) is 6.20 Å². The zero-order valence-electron chi connectivity index (χ0n) is 16.4. The first-order chi connectivity index (χ1) is 13.7. The van der Waals surface area contributed by atoms with Crippen LogP contribution in [0.5, 0.6) is 0 Å². The molecule has 0 bridgehead atoms. The van der Waals surface area contributed by atoms with E-state index in [0.717, 1.165) is 62.2 Å². The van der Waals surface area contributed by atoms with Gasteiger partial charge >= 0.3 is 0 Å². The number of pyridine rings is 1. The summed E-state index contributed by atoms with van der Waals surface area (Å²) in [6.07, 6.45) is 4.17. The maximum Gasteiger partial charge on any atom is 0.101 e. The SMILES string of the molecule is C[C@@H]1CN(c2ccc(C#N)c3ncccc23)C[C@@H](CN2CCC(CO)CC2)O1. The summed E-state index contributed by atoms with van der Waals surface area (Å²) in [5.41, 5.74) is 2.51. The van der Waals surface area contributed by atoms with Crippen molar-refractivity contribution in [3.63, 3.8) is 0 Å². The minimum absolute atomic E-state index is 0.149. The Bertz CT molecular complexity index is 857. The van der Waals surface area contributed by atoms with E-state index in [-0.39, 0.29) is 12.2 Å². The molecule has 0 saturated carbocycles. The molecule has 2 aliphatic heterocycles. The Kier molecular flexibility index (Phi) is 5.77. The van der Waals surface area contributed by atoms with E-state index in [1.807, 2.05) is 24.3 Å². The maximum absolute atomic E-state index is 9.39. The fourth-order valence-corrected chi connectivity index (χ4v) is 4.51. The highest BCUT2D eigenvalue weighted by Crippen LogP contribution is 2.30. The fourth-order valence-electron chi connectivity index (χ4n) is 4.51. The quantitative estimate of drug-likeness (QED) is 0.878. The highest BCUT2D eigenvalue weighted by molar-refractivity contribution is 5.95. The molecule has 4 rings (SSSR count). The van der Waals surface area contributed by atoms with Gasteiger partial charge in [0.05, 0.1) is 23.3 Å². The van der Waals surface area contributed by atoms with Gasteiger partial charge in [-0.25, -0.2) is 0 Å². The highest BCUT2D eigenvalue weighted by atomic mass is 16.5. The highest BCUT2D eigenvalue weighted by Gasteiger charge is 2.29. The first-order valence-electron chi connectivity index (χ1n) is 10.2. The van der Waals surface area contributed by atoms with Gasteiger partial charge in [0.25, 0.3) is 0 Å². The van der Waals surface area contributed by atoms with Gasteiger partial charge in [0.15, 0.2) is 0 Å². The predicted molar refractivity (Wildman–Crippen MR) is 109 cm³/mol. The van der Waals surface area contributed by atoms with Gasteiger partial charge in [-0.2, -0.15) is 5.26 Å². The minimum Gasteiger partial charge on any atom is -0.396 e. The van der Waals surface area contributed by atoms with E-state index >= 15 is 0 Å². The zero-order valence-corrected chi connectivity index (χ0v) is 16.4. The molecule has 0 amide bonds. The lowest BCUT2D eigenvalue weighted by atomic mass is 9.97. The summed E-state index contributed by atoms with van der Waals surface area (Å²) in [5.74, 6) is 0.455. The van der Waals surface area contributed by atoms with E-state index in [2.05, 4.69) is 27.8 Å². The van der Waals surface area contributed by atoms with Crippen LogP contribution >= 0.6 is 0 Å². The molecule has 3 heterocycles. The normalized spacial score (nSPS) is 24.4. The number of hydrogen-bond acceptors (Lipinski definition) is 6. The molecule has 2 aliphatic rings. The van der Waals surface area contributed by atoms with E-state index in [0.29, 0.717) is 18.1 Å². The zero-order chi connectivity index (χ0) is 19.5. The lowest BCUT2D eigenvalue weighted by Gasteiger charge is -2.41. The molecule has 6 nitrogen and oxygen atoms in total. The van der Waals surface area contributed by atoms with E-state index in [4.69, 9.17) is 4.74 Å². The van der Waals surface area contributed by atoms with Crippen LogP contribution in [-0.2, 0) is 4.74 Å². The number of aromatic nitrogens is 1. The molecule has 0 aliphatic carbocycles. The Morgan fingerprint density at radius 3 is 2.82 bits per heavy atom. The summed E-state index contributed by atoms with van der Waals surface area (Å²) in [6, 6.07) is 10.1. The Hall–Kier alpha value is -2.20. The number of rotatable bonds is 4. The van der Waals surface area contributed by atoms with Crippen molar-refractivity contribution in [2.24, 2.45) is 5.92 Å². The summed E-state index contributed by atoms with van der Waals surface area (Å²) in [6.45, 7) is 7.08. The summed E-state index contributed by atoms with van der Waals surface area (Å²) in [7, 11) is 0. The van der Waals surface area contributed by atoms with Gasteiger partial charge in [-0.3, -0.25) is 4.98 Å². The van der Waals surface area contributed by atoms with Gasteiger partial charge in [0, 0.05) is 43.5 Å². The summed E-state index contributed by atoms with van der Waals surface area (Å²) in [5, 5.41) is 19.8. The van der Waals surface area contributed by atoms with Crippen LogP contribution in [0.1, 0.15) is 25.3 Å². The number of nitriles is 1. The Labute approximate surface area is 166 Å². The molecule has 1 aromatic carbocycles. The molecule has 28 heavy (non-hydrogen) atoms. The number of anilines is 1. The number of aliphatic hydroxyl groups excluding tert-OH is 1. The van der Waals surface area contributed by atoms with Crippen LogP contribution in [0.3, 0.4) is 0 Å². The minimum atomic E-state index is 0.149. The Morgan fingerprint density at radius 2 is 2.07 bits per heavy atom. The number of hydrogen-bond donors (Lipinski definition) is 1. The van der Waals surface area contributed by atoms with E-state index in [9.17, 15) is 10.4 Å². The van der Waals surface area contributed by atoms with E-state index in [1.165, 1.54) is 0 Å². The molecule has 2 fully saturated rings. The third-order valence-electron chi connectivity index (χ3n) is 5.96. The first kappa shape index (κ1) is 19.1. The van der Waals surface area contributed by atoms with Gasteiger partial charge < -0.3 is 19.6 Å². The van der Waals surface area contributed by atoms with Crippen molar-refractivity contribution < 1.29 is 9.84 Å². The summed E-state index contributed by atoms with van der Waals surface area (Å²) >= 11 is 0. The van der Waals surface area contributed by atoms with Crippen molar-refractivity contribution in [1.82, 2.24) is 9.88 Å². The van der Waals surface area contributed by atoms with Crippen molar-refractivity contribution in [2.75, 3.05) is 44.2 Å². The molecule has 2 atom stereocenters. The molecule has 2 aromatic rings. The molecular weight excluding hydrogens is 352 g/mol. The first-order valence-corrected chi connectivity index (χ1v) is 10.2. The second kappa shape index (κ2) is 8.44. The monoisotopic (exact) mass is 380 g/mol. The van der Waals surface area contributed by atoms with Crippen LogP contribution < -0.4 is 4.90 Å². The van der Waals surface area contributed by atoms with Gasteiger partial charge in [0.2, 0.25) is 0 Å². The number of nitrogens with zero attached hydrogens (tertiary/aromatic N) is 4. The van der Waals surface area contributed by atoms with Crippen molar-refractivity contribution in [2.45, 2.75) is 32.0 Å². The average molecular weight is 380 g/mol. The standard InChI is InChI=1S/C22H28N4O2/c1-16-12-26(14-19(28-16)13-25-9-6-17(15-27)7-10-25)21-5-4-18(11-23)22-20(21)3-2-8-24-22/h2-5,8,16-17,19,27H,6-7,9-10,12-15H2,1H3/t16-,19-/m1/s1. The smallest absolute Gasteiger partial charge is 0.101 e. The third kappa shape index (κ3) is 3.97. The maximum atomic E-state index is 9.39. The van der Waals surface area contributed by atoms with Crippen LogP contribution in [0, 0.1) is 17.2 Å². The number of morpholine rings is 1. The number of aliphatic hydroxyl groups is 1. The van der Waals surface area contributed by atoms with Crippen molar-refractivity contribution >= 4 is 16.6 Å². The largest absolute Gasteiger partial charge is 0.396 e. The van der Waals surface area contributed by atoms with Gasteiger partial charge in [0.1, 0.15) is 6.07 Å². The van der Waals surface area contributed by atoms with Crippen molar-refractivity contribution in [3.05, 3.63) is 36.0 Å². The van der Waals surface area contributed by atoms with Gasteiger partial charge in [-0.1, -0.05) is 0 Å². The second-order valence-electron chi connectivity index (χ2n) is 8.04. The molecule has 6 heteroatoms. The molecular formula is C22H28N4O2. The van der Waals surface area contributed by atoms with Gasteiger partial charge in [-0.05, 0) is 63.0 Å². The third-order valence-corrected chi connectivity index (χ3v) is 5.96.